The van der Waals surface area contributed by atoms with Crippen LogP contribution in [0.5, 0.6) is 5.75 Å². The molecule has 0 fully saturated rings. The van der Waals surface area contributed by atoms with Gasteiger partial charge in [0, 0.05) is 13.1 Å². The third-order valence-corrected chi connectivity index (χ3v) is 3.82. The first-order valence-electron chi connectivity index (χ1n) is 6.37. The Labute approximate surface area is 122 Å². The molecule has 0 atom stereocenters. The predicted molar refractivity (Wildman–Crippen MR) is 80.7 cm³/mol. The van der Waals surface area contributed by atoms with E-state index >= 15 is 0 Å². The SMILES string of the molecule is Cc1cscc1CNCc1ccc(OCC(N)=O)cc1. The first-order valence-corrected chi connectivity index (χ1v) is 7.32. The van der Waals surface area contributed by atoms with Crippen molar-refractivity contribution in [2.24, 2.45) is 5.73 Å². The smallest absolute Gasteiger partial charge is 0.255 e. The van der Waals surface area contributed by atoms with Crippen LogP contribution in [0.15, 0.2) is 35.0 Å². The summed E-state index contributed by atoms with van der Waals surface area (Å²) in [6.07, 6.45) is 0. The van der Waals surface area contributed by atoms with Crippen LogP contribution in [0.3, 0.4) is 0 Å². The lowest BCUT2D eigenvalue weighted by molar-refractivity contribution is -0.119. The summed E-state index contributed by atoms with van der Waals surface area (Å²) in [6, 6.07) is 7.64. The van der Waals surface area contributed by atoms with Gasteiger partial charge in [0.1, 0.15) is 5.75 Å². The second-order valence-electron chi connectivity index (χ2n) is 4.58. The number of thiophene rings is 1. The van der Waals surface area contributed by atoms with Crippen molar-refractivity contribution in [3.63, 3.8) is 0 Å². The van der Waals surface area contributed by atoms with Gasteiger partial charge in [-0.1, -0.05) is 12.1 Å². The molecule has 2 aromatic rings. The zero-order valence-electron chi connectivity index (χ0n) is 11.4. The number of hydrogen-bond acceptors (Lipinski definition) is 4. The Morgan fingerprint density at radius 2 is 2.00 bits per heavy atom. The topological polar surface area (TPSA) is 64.3 Å². The molecule has 2 rings (SSSR count). The van der Waals surface area contributed by atoms with Crippen molar-refractivity contribution < 1.29 is 9.53 Å². The first kappa shape index (κ1) is 14.6. The van der Waals surface area contributed by atoms with Gasteiger partial charge < -0.3 is 15.8 Å². The second-order valence-corrected chi connectivity index (χ2v) is 5.33. The summed E-state index contributed by atoms with van der Waals surface area (Å²) in [5, 5.41) is 7.73. The number of ether oxygens (including phenoxy) is 1. The highest BCUT2D eigenvalue weighted by Gasteiger charge is 2.00. The van der Waals surface area contributed by atoms with Crippen molar-refractivity contribution in [3.05, 3.63) is 51.7 Å². The van der Waals surface area contributed by atoms with Gasteiger partial charge in [0.25, 0.3) is 5.91 Å². The lowest BCUT2D eigenvalue weighted by Gasteiger charge is -2.07. The predicted octanol–water partition coefficient (Wildman–Crippen LogP) is 2.21. The van der Waals surface area contributed by atoms with Crippen LogP contribution in [0.25, 0.3) is 0 Å². The Morgan fingerprint density at radius 1 is 1.25 bits per heavy atom. The fraction of sp³-hybridized carbons (Fsp3) is 0.267. The minimum atomic E-state index is -0.470. The van der Waals surface area contributed by atoms with E-state index in [0.29, 0.717) is 5.75 Å². The molecule has 0 unspecified atom stereocenters. The molecule has 0 aliphatic rings. The zero-order valence-corrected chi connectivity index (χ0v) is 12.2. The quantitative estimate of drug-likeness (QED) is 0.821. The molecule has 0 spiro atoms. The highest BCUT2D eigenvalue weighted by atomic mass is 32.1. The average molecular weight is 290 g/mol. The van der Waals surface area contributed by atoms with Crippen molar-refractivity contribution in [1.82, 2.24) is 5.32 Å². The van der Waals surface area contributed by atoms with Gasteiger partial charge in [-0.3, -0.25) is 4.79 Å². The molecule has 0 aliphatic carbocycles. The molecule has 20 heavy (non-hydrogen) atoms. The van der Waals surface area contributed by atoms with Gasteiger partial charge in [-0.25, -0.2) is 0 Å². The molecule has 1 aromatic carbocycles. The second kappa shape index (κ2) is 7.07. The van der Waals surface area contributed by atoms with Crippen LogP contribution in [0.2, 0.25) is 0 Å². The maximum absolute atomic E-state index is 10.6. The molecule has 1 heterocycles. The van der Waals surface area contributed by atoms with Crippen molar-refractivity contribution in [3.8, 4) is 5.75 Å². The number of nitrogens with one attached hydrogen (secondary N) is 1. The van der Waals surface area contributed by atoms with Crippen molar-refractivity contribution in [2.45, 2.75) is 20.0 Å². The third-order valence-electron chi connectivity index (χ3n) is 2.91. The van der Waals surface area contributed by atoms with Gasteiger partial charge in [-0.15, -0.1) is 0 Å². The normalized spacial score (nSPS) is 10.4. The van der Waals surface area contributed by atoms with E-state index in [0.717, 1.165) is 13.1 Å². The van der Waals surface area contributed by atoms with E-state index in [-0.39, 0.29) is 6.61 Å². The van der Waals surface area contributed by atoms with Crippen LogP contribution < -0.4 is 15.8 Å². The fourth-order valence-corrected chi connectivity index (χ4v) is 2.62. The summed E-state index contributed by atoms with van der Waals surface area (Å²) in [7, 11) is 0. The molecular formula is C15H18N2O2S. The number of carbonyl (C=O) groups is 1. The Bertz CT molecular complexity index is 564. The number of rotatable bonds is 7. The van der Waals surface area contributed by atoms with Gasteiger partial charge in [-0.05, 0) is 46.5 Å². The van der Waals surface area contributed by atoms with Crippen molar-refractivity contribution in [1.29, 1.82) is 0 Å². The maximum atomic E-state index is 10.6. The Kier molecular flexibility index (Phi) is 5.15. The van der Waals surface area contributed by atoms with Gasteiger partial charge in [-0.2, -0.15) is 11.3 Å². The van der Waals surface area contributed by atoms with Crippen LogP contribution in [0.1, 0.15) is 16.7 Å². The molecule has 106 valence electrons. The third kappa shape index (κ3) is 4.36. The van der Waals surface area contributed by atoms with E-state index < -0.39 is 5.91 Å². The van der Waals surface area contributed by atoms with Crippen LogP contribution in [0, 0.1) is 6.92 Å². The number of amides is 1. The summed E-state index contributed by atoms with van der Waals surface area (Å²) < 4.78 is 5.21. The molecule has 1 aromatic heterocycles. The maximum Gasteiger partial charge on any atom is 0.255 e. The first-order chi connectivity index (χ1) is 9.65. The number of hydrogen-bond donors (Lipinski definition) is 2. The molecule has 1 amide bonds. The van der Waals surface area contributed by atoms with Crippen molar-refractivity contribution >= 4 is 17.2 Å². The van der Waals surface area contributed by atoms with Crippen LogP contribution in [-0.4, -0.2) is 12.5 Å². The van der Waals surface area contributed by atoms with E-state index in [9.17, 15) is 4.79 Å². The molecule has 0 aliphatic heterocycles. The highest BCUT2D eigenvalue weighted by molar-refractivity contribution is 7.08. The monoisotopic (exact) mass is 290 g/mol. The molecule has 0 saturated carbocycles. The van der Waals surface area contributed by atoms with Crippen LogP contribution in [0.4, 0.5) is 0 Å². The molecule has 5 heteroatoms. The molecule has 0 radical (unpaired) electrons. The Balaban J connectivity index is 1.79. The number of carbonyl (C=O) groups excluding carboxylic acids is 1. The Morgan fingerprint density at radius 3 is 2.60 bits per heavy atom. The zero-order chi connectivity index (χ0) is 14.4. The standard InChI is InChI=1S/C15H18N2O2S/c1-11-9-20-10-13(11)7-17-6-12-2-4-14(5-3-12)19-8-15(16)18/h2-5,9-10,17H,6-8H2,1H3,(H2,16,18). The molecule has 0 saturated heterocycles. The van der Waals surface area contributed by atoms with Crippen LogP contribution >= 0.6 is 11.3 Å². The molecular weight excluding hydrogens is 272 g/mol. The summed E-state index contributed by atoms with van der Waals surface area (Å²) in [6.45, 7) is 3.70. The van der Waals surface area contributed by atoms with E-state index in [1.54, 1.807) is 11.3 Å². The number of benzene rings is 1. The Hall–Kier alpha value is -1.85. The number of primary amides is 1. The lowest BCUT2D eigenvalue weighted by atomic mass is 10.2. The van der Waals surface area contributed by atoms with Gasteiger partial charge >= 0.3 is 0 Å². The van der Waals surface area contributed by atoms with Gasteiger partial charge in [0.15, 0.2) is 6.61 Å². The lowest BCUT2D eigenvalue weighted by Crippen LogP contribution is -2.20. The molecule has 3 N–H and O–H groups in total. The van der Waals surface area contributed by atoms with E-state index in [1.165, 1.54) is 16.7 Å². The molecule has 4 nitrogen and oxygen atoms in total. The largest absolute Gasteiger partial charge is 0.484 e. The van der Waals surface area contributed by atoms with E-state index in [1.807, 2.05) is 24.3 Å². The summed E-state index contributed by atoms with van der Waals surface area (Å²) >= 11 is 1.73. The van der Waals surface area contributed by atoms with Crippen molar-refractivity contribution in [2.75, 3.05) is 6.61 Å². The minimum absolute atomic E-state index is 0.0883. The van der Waals surface area contributed by atoms with Gasteiger partial charge in [0.2, 0.25) is 0 Å². The van der Waals surface area contributed by atoms with Crippen LogP contribution in [-0.2, 0) is 17.9 Å². The minimum Gasteiger partial charge on any atom is -0.484 e. The van der Waals surface area contributed by atoms with Gasteiger partial charge in [0.05, 0.1) is 0 Å². The average Bonchev–Trinajstić information content (AvgIpc) is 2.83. The number of nitrogens with two attached hydrogens (primary N) is 1. The molecule has 0 bridgehead atoms. The fourth-order valence-electron chi connectivity index (χ4n) is 1.77. The van der Waals surface area contributed by atoms with E-state index in [2.05, 4.69) is 23.0 Å². The highest BCUT2D eigenvalue weighted by Crippen LogP contribution is 2.14. The van der Waals surface area contributed by atoms with E-state index in [4.69, 9.17) is 10.5 Å². The number of aryl methyl sites for hydroxylation is 1. The summed E-state index contributed by atoms with van der Waals surface area (Å²) in [4.78, 5) is 10.6. The summed E-state index contributed by atoms with van der Waals surface area (Å²) in [5.41, 5.74) is 8.87. The summed E-state index contributed by atoms with van der Waals surface area (Å²) in [5.74, 6) is 0.183.